The molecule has 0 spiro atoms. The number of carbonyl (C=O) groups is 2. The van der Waals surface area contributed by atoms with E-state index >= 15 is 0 Å². The maximum absolute atomic E-state index is 12.2. The van der Waals surface area contributed by atoms with Crippen molar-refractivity contribution in [2.24, 2.45) is 5.41 Å². The van der Waals surface area contributed by atoms with Gasteiger partial charge in [0, 0.05) is 6.08 Å². The molecule has 188 valence electrons. The number of allylic oxidation sites excluding steroid dienone is 9. The van der Waals surface area contributed by atoms with Crippen LogP contribution < -0.4 is 0 Å². The topological polar surface area (TPSA) is 134 Å². The molecule has 0 aromatic carbocycles. The standard InChI is InChI=1S/C26H36O8/c1-15(11-12-18-17(3)10-7-13-26(18,4)5)8-6-9-16(2)14-19(27)33-25-22(30)20(28)21(29)23(34-25)24(31)32/h6,8-9,11-12,14,20-23,25,28-30H,7,10,13H2,1-5H3,(H,31,32)/b9-6+,12-11+,15-8+,16-14+/t20-,21-,22-,23-,25+/m0/s1. The Morgan fingerprint density at radius 1 is 1.06 bits per heavy atom. The van der Waals surface area contributed by atoms with Gasteiger partial charge in [-0.25, -0.2) is 9.59 Å². The summed E-state index contributed by atoms with van der Waals surface area (Å²) in [6, 6.07) is 0. The number of carboxylic acid groups (broad SMARTS) is 1. The van der Waals surface area contributed by atoms with Crippen LogP contribution in [0.1, 0.15) is 53.9 Å². The van der Waals surface area contributed by atoms with E-state index in [0.717, 1.165) is 18.1 Å². The molecule has 0 bridgehead atoms. The number of carbonyl (C=O) groups excluding carboxylic acids is 1. The van der Waals surface area contributed by atoms with Gasteiger partial charge < -0.3 is 29.9 Å². The molecule has 1 saturated heterocycles. The van der Waals surface area contributed by atoms with Gasteiger partial charge in [0.15, 0.2) is 6.10 Å². The number of aliphatic hydroxyl groups is 3. The van der Waals surface area contributed by atoms with Crippen molar-refractivity contribution in [1.29, 1.82) is 0 Å². The Hall–Kier alpha value is -2.52. The van der Waals surface area contributed by atoms with Crippen molar-refractivity contribution in [2.75, 3.05) is 0 Å². The van der Waals surface area contributed by atoms with Gasteiger partial charge in [-0.2, -0.15) is 0 Å². The van der Waals surface area contributed by atoms with Crippen molar-refractivity contribution < 1.29 is 39.5 Å². The molecular formula is C26H36O8. The minimum Gasteiger partial charge on any atom is -0.479 e. The van der Waals surface area contributed by atoms with E-state index in [9.17, 15) is 24.9 Å². The van der Waals surface area contributed by atoms with Crippen LogP contribution in [0, 0.1) is 5.41 Å². The third-order valence-corrected chi connectivity index (χ3v) is 6.16. The lowest BCUT2D eigenvalue weighted by Gasteiger charge is -2.37. The lowest BCUT2D eigenvalue weighted by molar-refractivity contribution is -0.284. The van der Waals surface area contributed by atoms with Crippen molar-refractivity contribution in [3.8, 4) is 0 Å². The van der Waals surface area contributed by atoms with E-state index < -0.39 is 42.6 Å². The molecule has 4 N–H and O–H groups in total. The fraction of sp³-hybridized carbons (Fsp3) is 0.538. The quantitative estimate of drug-likeness (QED) is 0.250. The SMILES string of the molecule is CC1=C(/C=C/C(C)=C/C=C/C(C)=C/C(=O)O[C@@H]2O[C@H](C(=O)O)[C@@H](O)[C@H](O)[C@@H]2O)C(C)(C)CCC1. The van der Waals surface area contributed by atoms with Crippen LogP contribution in [-0.2, 0) is 19.1 Å². The molecule has 0 aromatic rings. The van der Waals surface area contributed by atoms with E-state index in [1.165, 1.54) is 24.0 Å². The highest BCUT2D eigenvalue weighted by molar-refractivity contribution is 5.83. The molecule has 1 fully saturated rings. The summed E-state index contributed by atoms with van der Waals surface area (Å²) in [5, 5.41) is 38.5. The molecule has 2 rings (SSSR count). The maximum Gasteiger partial charge on any atom is 0.335 e. The van der Waals surface area contributed by atoms with Crippen LogP contribution in [0.4, 0.5) is 0 Å². The van der Waals surface area contributed by atoms with Gasteiger partial charge in [-0.1, -0.05) is 55.4 Å². The zero-order valence-corrected chi connectivity index (χ0v) is 20.4. The molecule has 8 nitrogen and oxygen atoms in total. The van der Waals surface area contributed by atoms with E-state index in [-0.39, 0.29) is 5.41 Å². The first-order valence-corrected chi connectivity index (χ1v) is 11.4. The molecule has 2 aliphatic rings. The summed E-state index contributed by atoms with van der Waals surface area (Å²) in [7, 11) is 0. The Kier molecular flexibility index (Phi) is 9.58. The van der Waals surface area contributed by atoms with E-state index in [2.05, 4.69) is 32.9 Å². The van der Waals surface area contributed by atoms with Gasteiger partial charge in [-0.15, -0.1) is 0 Å². The number of ether oxygens (including phenoxy) is 2. The lowest BCUT2D eigenvalue weighted by atomic mass is 9.72. The summed E-state index contributed by atoms with van der Waals surface area (Å²) >= 11 is 0. The average molecular weight is 477 g/mol. The number of aliphatic carboxylic acids is 1. The smallest absolute Gasteiger partial charge is 0.335 e. The Balaban J connectivity index is 1.98. The molecular weight excluding hydrogens is 440 g/mol. The van der Waals surface area contributed by atoms with Gasteiger partial charge in [0.05, 0.1) is 0 Å². The second kappa shape index (κ2) is 11.8. The summed E-state index contributed by atoms with van der Waals surface area (Å²) in [6.45, 7) is 10.4. The number of aliphatic hydroxyl groups excluding tert-OH is 3. The van der Waals surface area contributed by atoms with Crippen LogP contribution in [0.15, 0.2) is 58.7 Å². The molecule has 1 aliphatic carbocycles. The van der Waals surface area contributed by atoms with Gasteiger partial charge in [0.2, 0.25) is 6.29 Å². The third-order valence-electron chi connectivity index (χ3n) is 6.16. The van der Waals surface area contributed by atoms with E-state index in [4.69, 9.17) is 14.6 Å². The van der Waals surface area contributed by atoms with Crippen molar-refractivity contribution >= 4 is 11.9 Å². The van der Waals surface area contributed by atoms with Crippen LogP contribution >= 0.6 is 0 Å². The van der Waals surface area contributed by atoms with Crippen LogP contribution in [0.3, 0.4) is 0 Å². The second-order valence-corrected chi connectivity index (χ2v) is 9.59. The van der Waals surface area contributed by atoms with Crippen molar-refractivity contribution in [3.63, 3.8) is 0 Å². The van der Waals surface area contributed by atoms with Crippen molar-refractivity contribution in [2.45, 2.75) is 84.6 Å². The van der Waals surface area contributed by atoms with Gasteiger partial charge in [0.25, 0.3) is 0 Å². The molecule has 0 aromatic heterocycles. The predicted molar refractivity (Wildman–Crippen MR) is 127 cm³/mol. The fourth-order valence-corrected chi connectivity index (χ4v) is 4.16. The molecule has 0 unspecified atom stereocenters. The van der Waals surface area contributed by atoms with Crippen molar-refractivity contribution in [1.82, 2.24) is 0 Å². The predicted octanol–water partition coefficient (Wildman–Crippen LogP) is 2.95. The molecule has 34 heavy (non-hydrogen) atoms. The van der Waals surface area contributed by atoms with Crippen LogP contribution in [-0.4, -0.2) is 63.1 Å². The van der Waals surface area contributed by atoms with E-state index in [1.807, 2.05) is 13.0 Å². The zero-order valence-electron chi connectivity index (χ0n) is 20.4. The van der Waals surface area contributed by atoms with Gasteiger partial charge in [-0.3, -0.25) is 0 Å². The first-order valence-electron chi connectivity index (χ1n) is 11.4. The summed E-state index contributed by atoms with van der Waals surface area (Å²) < 4.78 is 9.88. The lowest BCUT2D eigenvalue weighted by Crippen LogP contribution is -2.60. The second-order valence-electron chi connectivity index (χ2n) is 9.59. The summed E-state index contributed by atoms with van der Waals surface area (Å²) in [5.41, 5.74) is 4.56. The average Bonchev–Trinajstić information content (AvgIpc) is 2.73. The molecule has 5 atom stereocenters. The van der Waals surface area contributed by atoms with E-state index in [1.54, 1.807) is 19.1 Å². The normalized spacial score (nSPS) is 30.8. The molecule has 8 heteroatoms. The molecule has 1 heterocycles. The Morgan fingerprint density at radius 3 is 2.35 bits per heavy atom. The third kappa shape index (κ3) is 7.24. The number of esters is 1. The molecule has 0 radical (unpaired) electrons. The van der Waals surface area contributed by atoms with Crippen LogP contribution in [0.2, 0.25) is 0 Å². The zero-order chi connectivity index (χ0) is 25.6. The number of hydrogen-bond acceptors (Lipinski definition) is 7. The first-order chi connectivity index (χ1) is 15.8. The minimum absolute atomic E-state index is 0.170. The number of rotatable bonds is 7. The highest BCUT2D eigenvalue weighted by Crippen LogP contribution is 2.40. The minimum atomic E-state index is -1.85. The Bertz CT molecular complexity index is 921. The highest BCUT2D eigenvalue weighted by atomic mass is 16.7. The summed E-state index contributed by atoms with van der Waals surface area (Å²) in [4.78, 5) is 23.3. The Labute approximate surface area is 200 Å². The van der Waals surface area contributed by atoms with Crippen LogP contribution in [0.5, 0.6) is 0 Å². The number of hydrogen-bond donors (Lipinski definition) is 4. The molecule has 1 aliphatic heterocycles. The van der Waals surface area contributed by atoms with Gasteiger partial charge >= 0.3 is 11.9 Å². The van der Waals surface area contributed by atoms with E-state index in [0.29, 0.717) is 5.57 Å². The maximum atomic E-state index is 12.2. The van der Waals surface area contributed by atoms with Gasteiger partial charge in [-0.05, 0) is 56.6 Å². The summed E-state index contributed by atoms with van der Waals surface area (Å²) in [5.74, 6) is -2.44. The largest absolute Gasteiger partial charge is 0.479 e. The molecule has 0 saturated carbocycles. The monoisotopic (exact) mass is 476 g/mol. The summed E-state index contributed by atoms with van der Waals surface area (Å²) in [6.07, 6.45) is 5.29. The number of carboxylic acids is 1. The molecule has 0 amide bonds. The Morgan fingerprint density at radius 2 is 1.74 bits per heavy atom. The van der Waals surface area contributed by atoms with Crippen molar-refractivity contribution in [3.05, 3.63) is 58.7 Å². The first kappa shape index (κ1) is 27.7. The van der Waals surface area contributed by atoms with Crippen LogP contribution in [0.25, 0.3) is 0 Å². The fourth-order valence-electron chi connectivity index (χ4n) is 4.16. The van der Waals surface area contributed by atoms with Gasteiger partial charge in [0.1, 0.15) is 18.3 Å². The highest BCUT2D eigenvalue weighted by Gasteiger charge is 2.48.